The monoisotopic (exact) mass is 255 g/mol. The largest absolute Gasteiger partial charge is 0.465 e. The van der Waals surface area contributed by atoms with Crippen LogP contribution in [0, 0.1) is 23.1 Å². The summed E-state index contributed by atoms with van der Waals surface area (Å²) in [6.45, 7) is 1.86. The molecule has 0 saturated carbocycles. The first kappa shape index (κ1) is 13.5. The predicted molar refractivity (Wildman–Crippen MR) is 60.9 cm³/mol. The Hall–Kier alpha value is -1.60. The standard InChI is InChI=1S/C12H11ClFNO2/c1-2-17-12(16)9(7-15)5-8-6-10(14)3-4-11(8)13/h3-4,6,9H,2,5H2,1H3. The van der Waals surface area contributed by atoms with Crippen LogP contribution in [0.1, 0.15) is 12.5 Å². The summed E-state index contributed by atoms with van der Waals surface area (Å²) in [4.78, 5) is 11.4. The third-order valence-corrected chi connectivity index (χ3v) is 2.53. The van der Waals surface area contributed by atoms with Crippen LogP contribution >= 0.6 is 11.6 Å². The number of hydrogen-bond donors (Lipinski definition) is 0. The van der Waals surface area contributed by atoms with Crippen molar-refractivity contribution in [1.29, 1.82) is 5.26 Å². The fourth-order valence-corrected chi connectivity index (χ4v) is 1.54. The van der Waals surface area contributed by atoms with E-state index in [1.165, 1.54) is 18.2 Å². The fourth-order valence-electron chi connectivity index (χ4n) is 1.34. The SMILES string of the molecule is CCOC(=O)C(C#N)Cc1cc(F)ccc1Cl. The van der Waals surface area contributed by atoms with E-state index in [1.807, 2.05) is 6.07 Å². The lowest BCUT2D eigenvalue weighted by atomic mass is 10.0. The second-order valence-corrected chi connectivity index (χ2v) is 3.78. The number of ether oxygens (including phenoxy) is 1. The number of esters is 1. The molecule has 3 nitrogen and oxygen atoms in total. The van der Waals surface area contributed by atoms with Gasteiger partial charge in [0.2, 0.25) is 0 Å². The zero-order valence-electron chi connectivity index (χ0n) is 9.24. The van der Waals surface area contributed by atoms with E-state index in [0.717, 1.165) is 0 Å². The summed E-state index contributed by atoms with van der Waals surface area (Å²) in [6.07, 6.45) is 0.0475. The van der Waals surface area contributed by atoms with Gasteiger partial charge in [-0.2, -0.15) is 5.26 Å². The van der Waals surface area contributed by atoms with Gasteiger partial charge < -0.3 is 4.74 Å². The molecule has 90 valence electrons. The Morgan fingerprint density at radius 2 is 2.35 bits per heavy atom. The van der Waals surface area contributed by atoms with Crippen LogP contribution in [0.5, 0.6) is 0 Å². The van der Waals surface area contributed by atoms with Crippen molar-refractivity contribution in [1.82, 2.24) is 0 Å². The molecule has 0 amide bonds. The maximum absolute atomic E-state index is 13.0. The molecule has 5 heteroatoms. The maximum Gasteiger partial charge on any atom is 0.323 e. The summed E-state index contributed by atoms with van der Waals surface area (Å²) < 4.78 is 17.7. The summed E-state index contributed by atoms with van der Waals surface area (Å²) in [5, 5.41) is 9.19. The van der Waals surface area contributed by atoms with E-state index in [0.29, 0.717) is 10.6 Å². The van der Waals surface area contributed by atoms with E-state index >= 15 is 0 Å². The average Bonchev–Trinajstić information content (AvgIpc) is 2.30. The van der Waals surface area contributed by atoms with Crippen molar-refractivity contribution < 1.29 is 13.9 Å². The molecule has 1 aromatic carbocycles. The number of carbonyl (C=O) groups is 1. The summed E-state index contributed by atoms with van der Waals surface area (Å²) in [5.74, 6) is -2.03. The molecule has 0 fully saturated rings. The van der Waals surface area contributed by atoms with E-state index in [4.69, 9.17) is 21.6 Å². The first-order chi connectivity index (χ1) is 8.08. The van der Waals surface area contributed by atoms with Crippen molar-refractivity contribution in [3.8, 4) is 6.07 Å². The van der Waals surface area contributed by atoms with Gasteiger partial charge in [-0.1, -0.05) is 11.6 Å². The molecular weight excluding hydrogens is 245 g/mol. The highest BCUT2D eigenvalue weighted by Gasteiger charge is 2.21. The van der Waals surface area contributed by atoms with E-state index in [-0.39, 0.29) is 13.0 Å². The Labute approximate surface area is 104 Å². The van der Waals surface area contributed by atoms with E-state index in [9.17, 15) is 9.18 Å². The van der Waals surface area contributed by atoms with Crippen molar-refractivity contribution in [2.75, 3.05) is 6.61 Å². The topological polar surface area (TPSA) is 50.1 Å². The van der Waals surface area contributed by atoms with E-state index in [2.05, 4.69) is 0 Å². The maximum atomic E-state index is 13.0. The normalized spacial score (nSPS) is 11.6. The summed E-state index contributed by atoms with van der Waals surface area (Å²) in [7, 11) is 0. The lowest BCUT2D eigenvalue weighted by molar-refractivity contribution is -0.145. The van der Waals surface area contributed by atoms with Gasteiger partial charge in [0.1, 0.15) is 11.7 Å². The smallest absolute Gasteiger partial charge is 0.323 e. The van der Waals surface area contributed by atoms with Crippen molar-refractivity contribution in [3.63, 3.8) is 0 Å². The van der Waals surface area contributed by atoms with Crippen LogP contribution in [0.4, 0.5) is 4.39 Å². The number of hydrogen-bond acceptors (Lipinski definition) is 3. The van der Waals surface area contributed by atoms with Crippen LogP contribution in [-0.2, 0) is 16.0 Å². The van der Waals surface area contributed by atoms with Gasteiger partial charge in [-0.15, -0.1) is 0 Å². The lowest BCUT2D eigenvalue weighted by Gasteiger charge is -2.09. The van der Waals surface area contributed by atoms with E-state index < -0.39 is 17.7 Å². The van der Waals surface area contributed by atoms with Gasteiger partial charge in [-0.25, -0.2) is 4.39 Å². The van der Waals surface area contributed by atoms with Gasteiger partial charge in [-0.05, 0) is 30.7 Å². The number of benzene rings is 1. The summed E-state index contributed by atoms with van der Waals surface area (Å²) >= 11 is 5.85. The quantitative estimate of drug-likeness (QED) is 0.778. The molecule has 0 aromatic heterocycles. The number of nitriles is 1. The number of halogens is 2. The zero-order valence-corrected chi connectivity index (χ0v) is 10.00. The zero-order chi connectivity index (χ0) is 12.8. The van der Waals surface area contributed by atoms with Crippen LogP contribution in [0.25, 0.3) is 0 Å². The molecule has 0 aliphatic heterocycles. The highest BCUT2D eigenvalue weighted by Crippen LogP contribution is 2.20. The van der Waals surface area contributed by atoms with Gasteiger partial charge in [0.15, 0.2) is 0 Å². The minimum Gasteiger partial charge on any atom is -0.465 e. The predicted octanol–water partition coefficient (Wildman–Crippen LogP) is 2.72. The van der Waals surface area contributed by atoms with E-state index in [1.54, 1.807) is 6.92 Å². The van der Waals surface area contributed by atoms with Gasteiger partial charge in [-0.3, -0.25) is 4.79 Å². The van der Waals surface area contributed by atoms with Gasteiger partial charge >= 0.3 is 5.97 Å². The molecule has 1 atom stereocenters. The number of rotatable bonds is 4. The molecule has 1 rings (SSSR count). The van der Waals surface area contributed by atoms with Crippen LogP contribution in [0.3, 0.4) is 0 Å². The minimum atomic E-state index is -0.964. The molecule has 0 spiro atoms. The molecule has 0 aliphatic rings. The van der Waals surface area contributed by atoms with Crippen molar-refractivity contribution >= 4 is 17.6 Å². The Morgan fingerprint density at radius 1 is 1.65 bits per heavy atom. The number of nitrogens with zero attached hydrogens (tertiary/aromatic N) is 1. The third-order valence-electron chi connectivity index (χ3n) is 2.16. The van der Waals surface area contributed by atoms with Crippen LogP contribution in [0.15, 0.2) is 18.2 Å². The molecule has 17 heavy (non-hydrogen) atoms. The van der Waals surface area contributed by atoms with Crippen LogP contribution in [-0.4, -0.2) is 12.6 Å². The van der Waals surface area contributed by atoms with Gasteiger partial charge in [0.05, 0.1) is 12.7 Å². The highest BCUT2D eigenvalue weighted by atomic mass is 35.5. The van der Waals surface area contributed by atoms with Crippen LogP contribution in [0.2, 0.25) is 5.02 Å². The third kappa shape index (κ3) is 3.72. The Morgan fingerprint density at radius 3 is 2.94 bits per heavy atom. The molecule has 0 bridgehead atoms. The molecule has 0 heterocycles. The number of carbonyl (C=O) groups excluding carboxylic acids is 1. The highest BCUT2D eigenvalue weighted by molar-refractivity contribution is 6.31. The van der Waals surface area contributed by atoms with Crippen molar-refractivity contribution in [3.05, 3.63) is 34.6 Å². The molecule has 1 unspecified atom stereocenters. The van der Waals surface area contributed by atoms with Gasteiger partial charge in [0, 0.05) is 11.4 Å². The molecule has 1 aromatic rings. The first-order valence-electron chi connectivity index (χ1n) is 5.08. The van der Waals surface area contributed by atoms with Crippen molar-refractivity contribution in [2.24, 2.45) is 5.92 Å². The Balaban J connectivity index is 2.85. The average molecular weight is 256 g/mol. The van der Waals surface area contributed by atoms with Crippen LogP contribution < -0.4 is 0 Å². The lowest BCUT2D eigenvalue weighted by Crippen LogP contribution is -2.18. The Bertz CT molecular complexity index is 456. The summed E-state index contributed by atoms with van der Waals surface area (Å²) in [6, 6.07) is 5.65. The fraction of sp³-hybridized carbons (Fsp3) is 0.333. The second-order valence-electron chi connectivity index (χ2n) is 3.37. The molecule has 0 aliphatic carbocycles. The van der Waals surface area contributed by atoms with Gasteiger partial charge in [0.25, 0.3) is 0 Å². The summed E-state index contributed by atoms with van der Waals surface area (Å²) in [5.41, 5.74) is 0.422. The molecule has 0 saturated heterocycles. The minimum absolute atomic E-state index is 0.0475. The van der Waals surface area contributed by atoms with Crippen molar-refractivity contribution in [2.45, 2.75) is 13.3 Å². The molecule has 0 N–H and O–H groups in total. The second kappa shape index (κ2) is 6.21. The Kier molecular flexibility index (Phi) is 4.92. The molecular formula is C12H11ClFNO2. The first-order valence-corrected chi connectivity index (χ1v) is 5.46. The molecule has 0 radical (unpaired) electrons.